The molecule has 3 fully saturated rings. The van der Waals surface area contributed by atoms with Gasteiger partial charge in [-0.15, -0.1) is 0 Å². The van der Waals surface area contributed by atoms with Crippen molar-refractivity contribution >= 4 is 5.91 Å². The predicted molar refractivity (Wildman–Crippen MR) is 98.7 cm³/mol. The van der Waals surface area contributed by atoms with Gasteiger partial charge in [-0.2, -0.15) is 5.10 Å². The van der Waals surface area contributed by atoms with Crippen LogP contribution in [0.3, 0.4) is 0 Å². The Morgan fingerprint density at radius 3 is 2.36 bits per heavy atom. The number of amides is 1. The standard InChI is InChI=1S/C20H32N4O/c25-20(19-11-12-21-24(19)17-8-3-4-9-17)23-15-7-10-18(16-23)22-13-5-1-2-6-14-22/h11-12,17-18H,1-10,13-16H2. The number of rotatable bonds is 3. The number of carbonyl (C=O) groups is 1. The Bertz CT molecular complexity index is 570. The van der Waals surface area contributed by atoms with Crippen LogP contribution < -0.4 is 0 Å². The topological polar surface area (TPSA) is 41.4 Å². The van der Waals surface area contributed by atoms with Crippen LogP contribution in [0, 0.1) is 0 Å². The number of nitrogens with zero attached hydrogens (tertiary/aromatic N) is 4. The Morgan fingerprint density at radius 1 is 0.880 bits per heavy atom. The van der Waals surface area contributed by atoms with E-state index in [1.165, 1.54) is 70.9 Å². The molecule has 0 spiro atoms. The van der Waals surface area contributed by atoms with Crippen LogP contribution in [0.25, 0.3) is 0 Å². The van der Waals surface area contributed by atoms with Crippen molar-refractivity contribution in [1.82, 2.24) is 19.6 Å². The first-order chi connectivity index (χ1) is 12.3. The van der Waals surface area contributed by atoms with Crippen LogP contribution in [0.4, 0.5) is 0 Å². The van der Waals surface area contributed by atoms with E-state index in [1.807, 2.05) is 16.9 Å². The van der Waals surface area contributed by atoms with Crippen LogP contribution in [-0.4, -0.2) is 57.7 Å². The zero-order valence-corrected chi connectivity index (χ0v) is 15.4. The van der Waals surface area contributed by atoms with Gasteiger partial charge in [0.15, 0.2) is 0 Å². The number of carbonyl (C=O) groups excluding carboxylic acids is 1. The van der Waals surface area contributed by atoms with Gasteiger partial charge in [0.1, 0.15) is 5.69 Å². The van der Waals surface area contributed by atoms with E-state index in [4.69, 9.17) is 0 Å². The van der Waals surface area contributed by atoms with E-state index >= 15 is 0 Å². The van der Waals surface area contributed by atoms with Crippen LogP contribution in [0.2, 0.25) is 0 Å². The molecule has 3 heterocycles. The third-order valence-electron chi connectivity index (χ3n) is 6.40. The fraction of sp³-hybridized carbons (Fsp3) is 0.800. The molecule has 5 heteroatoms. The van der Waals surface area contributed by atoms with Gasteiger partial charge < -0.3 is 4.90 Å². The predicted octanol–water partition coefficient (Wildman–Crippen LogP) is 3.48. The summed E-state index contributed by atoms with van der Waals surface area (Å²) in [5.74, 6) is 0.198. The molecule has 0 N–H and O–H groups in total. The molecule has 1 aromatic rings. The molecule has 1 aliphatic carbocycles. The largest absolute Gasteiger partial charge is 0.336 e. The monoisotopic (exact) mass is 344 g/mol. The molecule has 25 heavy (non-hydrogen) atoms. The van der Waals surface area contributed by atoms with E-state index in [0.717, 1.165) is 25.2 Å². The highest BCUT2D eigenvalue weighted by atomic mass is 16.2. The quantitative estimate of drug-likeness (QED) is 0.843. The summed E-state index contributed by atoms with van der Waals surface area (Å²) in [5, 5.41) is 4.49. The van der Waals surface area contributed by atoms with Gasteiger partial charge in [0.05, 0.1) is 6.04 Å². The van der Waals surface area contributed by atoms with Crippen molar-refractivity contribution in [3.05, 3.63) is 18.0 Å². The summed E-state index contributed by atoms with van der Waals surface area (Å²) in [6.45, 7) is 4.23. The first kappa shape index (κ1) is 17.1. The van der Waals surface area contributed by atoms with Gasteiger partial charge >= 0.3 is 0 Å². The Balaban J connectivity index is 1.44. The summed E-state index contributed by atoms with van der Waals surface area (Å²) in [4.78, 5) is 17.9. The molecule has 2 saturated heterocycles. The fourth-order valence-corrected chi connectivity index (χ4v) is 4.98. The van der Waals surface area contributed by atoms with E-state index in [-0.39, 0.29) is 5.91 Å². The van der Waals surface area contributed by atoms with E-state index < -0.39 is 0 Å². The van der Waals surface area contributed by atoms with Gasteiger partial charge in [0.25, 0.3) is 5.91 Å². The van der Waals surface area contributed by atoms with Gasteiger partial charge in [0, 0.05) is 25.3 Å². The van der Waals surface area contributed by atoms with Crippen LogP contribution in [0.5, 0.6) is 0 Å². The Morgan fingerprint density at radius 2 is 1.60 bits per heavy atom. The van der Waals surface area contributed by atoms with Crippen molar-refractivity contribution in [1.29, 1.82) is 0 Å². The van der Waals surface area contributed by atoms with E-state index in [9.17, 15) is 4.79 Å². The molecule has 1 amide bonds. The summed E-state index contributed by atoms with van der Waals surface area (Å²) < 4.78 is 2.02. The fourth-order valence-electron chi connectivity index (χ4n) is 4.98. The van der Waals surface area contributed by atoms with Crippen molar-refractivity contribution < 1.29 is 4.79 Å². The average molecular weight is 345 g/mol. The highest BCUT2D eigenvalue weighted by Crippen LogP contribution is 2.30. The van der Waals surface area contributed by atoms with Crippen molar-refractivity contribution in [3.63, 3.8) is 0 Å². The van der Waals surface area contributed by atoms with Crippen molar-refractivity contribution in [2.24, 2.45) is 0 Å². The molecule has 0 aromatic carbocycles. The van der Waals surface area contributed by atoms with E-state index in [1.54, 1.807) is 0 Å². The molecule has 1 unspecified atom stereocenters. The highest BCUT2D eigenvalue weighted by molar-refractivity contribution is 5.92. The van der Waals surface area contributed by atoms with Crippen LogP contribution in [0.1, 0.15) is 80.7 Å². The number of likely N-dealkylation sites (tertiary alicyclic amines) is 2. The Kier molecular flexibility index (Phi) is 5.39. The van der Waals surface area contributed by atoms with Crippen molar-refractivity contribution in [2.45, 2.75) is 76.3 Å². The third-order valence-corrected chi connectivity index (χ3v) is 6.40. The molecular weight excluding hydrogens is 312 g/mol. The summed E-state index contributed by atoms with van der Waals surface area (Å²) in [7, 11) is 0. The SMILES string of the molecule is O=C(c1ccnn1C1CCCC1)N1CCCC(N2CCCCCC2)C1. The lowest BCUT2D eigenvalue weighted by Crippen LogP contribution is -2.50. The third kappa shape index (κ3) is 3.76. The zero-order chi connectivity index (χ0) is 17.1. The molecule has 1 atom stereocenters. The van der Waals surface area contributed by atoms with E-state index in [2.05, 4.69) is 14.9 Å². The van der Waals surface area contributed by atoms with Gasteiger partial charge in [0.2, 0.25) is 0 Å². The van der Waals surface area contributed by atoms with Crippen molar-refractivity contribution in [3.8, 4) is 0 Å². The van der Waals surface area contributed by atoms with Gasteiger partial charge in [-0.3, -0.25) is 14.4 Å². The maximum absolute atomic E-state index is 13.2. The number of hydrogen-bond acceptors (Lipinski definition) is 3. The highest BCUT2D eigenvalue weighted by Gasteiger charge is 2.31. The van der Waals surface area contributed by atoms with Crippen molar-refractivity contribution in [2.75, 3.05) is 26.2 Å². The van der Waals surface area contributed by atoms with Crippen LogP contribution >= 0.6 is 0 Å². The van der Waals surface area contributed by atoms with Gasteiger partial charge in [-0.05, 0) is 57.7 Å². The number of hydrogen-bond donors (Lipinski definition) is 0. The molecule has 2 aliphatic heterocycles. The molecular formula is C20H32N4O. The minimum Gasteiger partial charge on any atom is -0.336 e. The average Bonchev–Trinajstić information content (AvgIpc) is 3.27. The smallest absolute Gasteiger partial charge is 0.272 e. The van der Waals surface area contributed by atoms with Gasteiger partial charge in [-0.1, -0.05) is 25.7 Å². The molecule has 138 valence electrons. The lowest BCUT2D eigenvalue weighted by molar-refractivity contribution is 0.0565. The van der Waals surface area contributed by atoms with Crippen LogP contribution in [-0.2, 0) is 0 Å². The molecule has 1 saturated carbocycles. The lowest BCUT2D eigenvalue weighted by atomic mass is 10.0. The normalized spacial score (nSPS) is 26.7. The summed E-state index contributed by atoms with van der Waals surface area (Å²) in [5.41, 5.74) is 0.809. The maximum Gasteiger partial charge on any atom is 0.272 e. The Labute approximate surface area is 151 Å². The molecule has 0 bridgehead atoms. The first-order valence-electron chi connectivity index (χ1n) is 10.4. The molecule has 1 aromatic heterocycles. The molecule has 5 nitrogen and oxygen atoms in total. The second kappa shape index (κ2) is 7.90. The lowest BCUT2D eigenvalue weighted by Gasteiger charge is -2.39. The first-order valence-corrected chi connectivity index (χ1v) is 10.4. The number of piperidine rings is 1. The molecule has 3 aliphatic rings. The minimum atomic E-state index is 0.198. The summed E-state index contributed by atoms with van der Waals surface area (Å²) in [6.07, 6.45) is 14.4. The minimum absolute atomic E-state index is 0.198. The zero-order valence-electron chi connectivity index (χ0n) is 15.4. The molecule has 4 rings (SSSR count). The van der Waals surface area contributed by atoms with Crippen LogP contribution in [0.15, 0.2) is 12.3 Å². The van der Waals surface area contributed by atoms with E-state index in [0.29, 0.717) is 12.1 Å². The van der Waals surface area contributed by atoms with Gasteiger partial charge in [-0.25, -0.2) is 0 Å². The second-order valence-electron chi connectivity index (χ2n) is 8.10. The second-order valence-corrected chi connectivity index (χ2v) is 8.10. The Hall–Kier alpha value is -1.36. The maximum atomic E-state index is 13.2. The summed E-state index contributed by atoms with van der Waals surface area (Å²) in [6, 6.07) is 2.91. The summed E-state index contributed by atoms with van der Waals surface area (Å²) >= 11 is 0. The molecule has 0 radical (unpaired) electrons. The number of aromatic nitrogens is 2.